The molecule has 1 heterocycles. The SMILES string of the molecule is Clc1cccc(Cn2cc(CNC3CCCCCCC3)c3ccccc32)c1. The summed E-state index contributed by atoms with van der Waals surface area (Å²) in [5.74, 6) is 0. The Morgan fingerprint density at radius 3 is 2.52 bits per heavy atom. The van der Waals surface area contributed by atoms with Gasteiger partial charge in [0.15, 0.2) is 0 Å². The fourth-order valence-electron chi connectivity index (χ4n) is 4.34. The van der Waals surface area contributed by atoms with Gasteiger partial charge in [0.05, 0.1) is 0 Å². The summed E-state index contributed by atoms with van der Waals surface area (Å²) < 4.78 is 2.36. The van der Waals surface area contributed by atoms with Gasteiger partial charge < -0.3 is 9.88 Å². The molecule has 0 radical (unpaired) electrons. The van der Waals surface area contributed by atoms with Crippen LogP contribution in [0.1, 0.15) is 56.1 Å². The predicted molar refractivity (Wildman–Crippen MR) is 115 cm³/mol. The standard InChI is InChI=1S/C24H29ClN2/c25-21-10-8-9-19(15-21)17-27-18-20(23-13-6-7-14-24(23)27)16-26-22-11-4-2-1-3-5-12-22/h6-10,13-15,18,22,26H,1-5,11-12,16-17H2. The molecule has 1 aliphatic rings. The van der Waals surface area contributed by atoms with Crippen LogP contribution < -0.4 is 5.32 Å². The second-order valence-corrected chi connectivity index (χ2v) is 8.29. The lowest BCUT2D eigenvalue weighted by molar-refractivity contribution is 0.389. The quantitative estimate of drug-likeness (QED) is 0.531. The monoisotopic (exact) mass is 380 g/mol. The Labute approximate surface area is 167 Å². The Morgan fingerprint density at radius 2 is 1.70 bits per heavy atom. The van der Waals surface area contributed by atoms with E-state index in [0.29, 0.717) is 6.04 Å². The summed E-state index contributed by atoms with van der Waals surface area (Å²) in [4.78, 5) is 0. The average Bonchev–Trinajstić information content (AvgIpc) is 2.99. The van der Waals surface area contributed by atoms with Gasteiger partial charge >= 0.3 is 0 Å². The Kier molecular flexibility index (Phi) is 6.16. The van der Waals surface area contributed by atoms with E-state index in [1.807, 2.05) is 12.1 Å². The highest BCUT2D eigenvalue weighted by atomic mass is 35.5. The number of nitrogens with one attached hydrogen (secondary N) is 1. The number of nitrogens with zero attached hydrogens (tertiary/aromatic N) is 1. The van der Waals surface area contributed by atoms with Gasteiger partial charge in [0.1, 0.15) is 0 Å². The smallest absolute Gasteiger partial charge is 0.0486 e. The van der Waals surface area contributed by atoms with Crippen molar-refractivity contribution < 1.29 is 0 Å². The summed E-state index contributed by atoms with van der Waals surface area (Å²) in [5, 5.41) is 6.01. The summed E-state index contributed by atoms with van der Waals surface area (Å²) >= 11 is 6.18. The molecule has 3 aromatic rings. The summed E-state index contributed by atoms with van der Waals surface area (Å²) in [6.45, 7) is 1.80. The molecule has 3 heteroatoms. The molecule has 1 N–H and O–H groups in total. The van der Waals surface area contributed by atoms with Gasteiger partial charge in [-0.15, -0.1) is 0 Å². The van der Waals surface area contributed by atoms with Crippen molar-refractivity contribution in [2.45, 2.75) is 64.1 Å². The molecule has 27 heavy (non-hydrogen) atoms. The first kappa shape index (κ1) is 18.6. The van der Waals surface area contributed by atoms with Crippen LogP contribution in [0.5, 0.6) is 0 Å². The van der Waals surface area contributed by atoms with Crippen LogP contribution in [0.25, 0.3) is 10.9 Å². The van der Waals surface area contributed by atoms with E-state index in [1.165, 1.54) is 67.0 Å². The number of rotatable bonds is 5. The summed E-state index contributed by atoms with van der Waals surface area (Å²) in [6, 6.07) is 17.6. The van der Waals surface area contributed by atoms with Gasteiger partial charge in [-0.1, -0.05) is 74.0 Å². The highest BCUT2D eigenvalue weighted by Gasteiger charge is 2.13. The molecule has 1 aliphatic carbocycles. The van der Waals surface area contributed by atoms with Gasteiger partial charge in [0, 0.05) is 41.3 Å². The molecule has 0 amide bonds. The Bertz CT molecular complexity index is 875. The fourth-order valence-corrected chi connectivity index (χ4v) is 4.55. The molecule has 0 bridgehead atoms. The van der Waals surface area contributed by atoms with Crippen LogP contribution in [0.3, 0.4) is 0 Å². The zero-order valence-electron chi connectivity index (χ0n) is 16.0. The van der Waals surface area contributed by atoms with Crippen LogP contribution >= 0.6 is 11.6 Å². The first-order valence-electron chi connectivity index (χ1n) is 10.3. The van der Waals surface area contributed by atoms with E-state index >= 15 is 0 Å². The van der Waals surface area contributed by atoms with E-state index in [0.717, 1.165) is 18.1 Å². The number of aromatic nitrogens is 1. The maximum Gasteiger partial charge on any atom is 0.0486 e. The third-order valence-corrected chi connectivity index (χ3v) is 6.03. The first-order valence-corrected chi connectivity index (χ1v) is 10.7. The van der Waals surface area contributed by atoms with Crippen LogP contribution in [0.2, 0.25) is 5.02 Å². The zero-order chi connectivity index (χ0) is 18.5. The van der Waals surface area contributed by atoms with Gasteiger partial charge in [-0.05, 0) is 42.2 Å². The maximum absolute atomic E-state index is 6.18. The summed E-state index contributed by atoms with van der Waals surface area (Å²) in [5.41, 5.74) is 3.93. The van der Waals surface area contributed by atoms with Crippen LogP contribution in [-0.2, 0) is 13.1 Å². The maximum atomic E-state index is 6.18. The van der Waals surface area contributed by atoms with Gasteiger partial charge in [-0.3, -0.25) is 0 Å². The van der Waals surface area contributed by atoms with Gasteiger partial charge in [0.25, 0.3) is 0 Å². The topological polar surface area (TPSA) is 17.0 Å². The molecule has 0 atom stereocenters. The first-order chi connectivity index (χ1) is 13.3. The highest BCUT2D eigenvalue weighted by Crippen LogP contribution is 2.24. The summed E-state index contributed by atoms with van der Waals surface area (Å²) in [6.07, 6.45) is 11.9. The van der Waals surface area contributed by atoms with Crippen LogP contribution in [0.4, 0.5) is 0 Å². The van der Waals surface area contributed by atoms with Crippen molar-refractivity contribution in [1.29, 1.82) is 0 Å². The molecular weight excluding hydrogens is 352 g/mol. The average molecular weight is 381 g/mol. The predicted octanol–water partition coefficient (Wildman–Crippen LogP) is 6.55. The van der Waals surface area contributed by atoms with E-state index in [9.17, 15) is 0 Å². The second-order valence-electron chi connectivity index (χ2n) is 7.85. The molecule has 0 spiro atoms. The van der Waals surface area contributed by atoms with Crippen molar-refractivity contribution in [2.24, 2.45) is 0 Å². The molecular formula is C24H29ClN2. The van der Waals surface area contributed by atoms with Crippen molar-refractivity contribution in [3.05, 3.63) is 70.9 Å². The number of benzene rings is 2. The van der Waals surface area contributed by atoms with Crippen molar-refractivity contribution in [3.63, 3.8) is 0 Å². The van der Waals surface area contributed by atoms with Crippen molar-refractivity contribution in [2.75, 3.05) is 0 Å². The van der Waals surface area contributed by atoms with Crippen molar-refractivity contribution in [1.82, 2.24) is 9.88 Å². The van der Waals surface area contributed by atoms with E-state index in [2.05, 4.69) is 52.5 Å². The van der Waals surface area contributed by atoms with E-state index < -0.39 is 0 Å². The Hall–Kier alpha value is -1.77. The molecule has 0 unspecified atom stereocenters. The number of hydrogen-bond donors (Lipinski definition) is 1. The molecule has 2 nitrogen and oxygen atoms in total. The normalized spacial score (nSPS) is 16.3. The van der Waals surface area contributed by atoms with Crippen LogP contribution in [0, 0.1) is 0 Å². The number of fused-ring (bicyclic) bond motifs is 1. The number of para-hydroxylation sites is 1. The van der Waals surface area contributed by atoms with Crippen molar-refractivity contribution >= 4 is 22.5 Å². The third-order valence-electron chi connectivity index (χ3n) is 5.80. The van der Waals surface area contributed by atoms with Gasteiger partial charge in [-0.25, -0.2) is 0 Å². The zero-order valence-corrected chi connectivity index (χ0v) is 16.7. The van der Waals surface area contributed by atoms with Crippen LogP contribution in [-0.4, -0.2) is 10.6 Å². The lowest BCUT2D eigenvalue weighted by atomic mass is 9.96. The minimum atomic E-state index is 0.667. The fraction of sp³-hybridized carbons (Fsp3) is 0.417. The molecule has 4 rings (SSSR count). The lowest BCUT2D eigenvalue weighted by Gasteiger charge is -2.21. The Morgan fingerprint density at radius 1 is 0.926 bits per heavy atom. The van der Waals surface area contributed by atoms with Crippen molar-refractivity contribution in [3.8, 4) is 0 Å². The summed E-state index contributed by atoms with van der Waals surface area (Å²) in [7, 11) is 0. The highest BCUT2D eigenvalue weighted by molar-refractivity contribution is 6.30. The third kappa shape index (κ3) is 4.75. The molecule has 2 aromatic carbocycles. The number of halogens is 1. The van der Waals surface area contributed by atoms with E-state index in [4.69, 9.17) is 11.6 Å². The molecule has 1 fully saturated rings. The second kappa shape index (κ2) is 8.95. The van der Waals surface area contributed by atoms with Gasteiger partial charge in [-0.2, -0.15) is 0 Å². The van der Waals surface area contributed by atoms with Gasteiger partial charge in [0.2, 0.25) is 0 Å². The molecule has 1 saturated carbocycles. The minimum absolute atomic E-state index is 0.667. The molecule has 1 aromatic heterocycles. The lowest BCUT2D eigenvalue weighted by Crippen LogP contribution is -2.29. The minimum Gasteiger partial charge on any atom is -0.343 e. The van der Waals surface area contributed by atoms with Crippen LogP contribution in [0.15, 0.2) is 54.7 Å². The molecule has 0 aliphatic heterocycles. The Balaban J connectivity index is 1.52. The molecule has 142 valence electrons. The van der Waals surface area contributed by atoms with E-state index in [-0.39, 0.29) is 0 Å². The van der Waals surface area contributed by atoms with E-state index in [1.54, 1.807) is 0 Å². The molecule has 0 saturated heterocycles. The number of hydrogen-bond acceptors (Lipinski definition) is 1. The largest absolute Gasteiger partial charge is 0.343 e.